The van der Waals surface area contributed by atoms with Gasteiger partial charge in [-0.2, -0.15) is 13.2 Å². The number of halogens is 4. The minimum Gasteiger partial charge on any atom is -0.335 e. The fourth-order valence-electron chi connectivity index (χ4n) is 3.50. The first kappa shape index (κ1) is 17.9. The van der Waals surface area contributed by atoms with Crippen LogP contribution in [0.25, 0.3) is 0 Å². The van der Waals surface area contributed by atoms with Gasteiger partial charge in [0.2, 0.25) is 0 Å². The first-order chi connectivity index (χ1) is 11.9. The lowest BCUT2D eigenvalue weighted by atomic mass is 9.96. The van der Waals surface area contributed by atoms with Crippen LogP contribution in [0.2, 0.25) is 0 Å². The van der Waals surface area contributed by atoms with Gasteiger partial charge in [0.1, 0.15) is 11.6 Å². The van der Waals surface area contributed by atoms with Gasteiger partial charge in [0.25, 0.3) is 0 Å². The molecule has 136 valence electrons. The molecule has 0 N–H and O–H groups in total. The summed E-state index contributed by atoms with van der Waals surface area (Å²) in [7, 11) is 0. The summed E-state index contributed by atoms with van der Waals surface area (Å²) in [6, 6.07) is 3.19. The van der Waals surface area contributed by atoms with Crippen molar-refractivity contribution in [3.05, 3.63) is 53.4 Å². The van der Waals surface area contributed by atoms with Gasteiger partial charge in [0.15, 0.2) is 0 Å². The van der Waals surface area contributed by atoms with Crippen molar-refractivity contribution in [3.63, 3.8) is 0 Å². The number of rotatable bonds is 4. The summed E-state index contributed by atoms with van der Waals surface area (Å²) < 4.78 is 53.8. The maximum atomic E-state index is 13.7. The fraction of sp³-hybridized carbons (Fsp3) is 0.500. The molecule has 0 unspecified atom stereocenters. The Morgan fingerprint density at radius 3 is 2.76 bits per heavy atom. The van der Waals surface area contributed by atoms with Crippen molar-refractivity contribution in [1.82, 2.24) is 14.5 Å². The van der Waals surface area contributed by atoms with Gasteiger partial charge in [-0.25, -0.2) is 9.37 Å². The Morgan fingerprint density at radius 2 is 2.08 bits per heavy atom. The summed E-state index contributed by atoms with van der Waals surface area (Å²) in [5.74, 6) is 0.133. The lowest BCUT2D eigenvalue weighted by Gasteiger charge is -2.32. The van der Waals surface area contributed by atoms with Crippen LogP contribution < -0.4 is 0 Å². The number of imidazole rings is 1. The van der Waals surface area contributed by atoms with Crippen molar-refractivity contribution in [3.8, 4) is 0 Å². The number of alkyl halides is 3. The number of aromatic nitrogens is 2. The summed E-state index contributed by atoms with van der Waals surface area (Å²) in [5, 5.41) is 0. The van der Waals surface area contributed by atoms with Crippen molar-refractivity contribution in [1.29, 1.82) is 0 Å². The number of likely N-dealkylation sites (tertiary alicyclic amines) is 1. The molecule has 0 saturated carbocycles. The van der Waals surface area contributed by atoms with Crippen molar-refractivity contribution >= 4 is 0 Å². The number of nitrogens with zero attached hydrogens (tertiary/aromatic N) is 3. The average molecular weight is 355 g/mol. The van der Waals surface area contributed by atoms with Gasteiger partial charge < -0.3 is 4.57 Å². The maximum Gasteiger partial charge on any atom is 0.419 e. The molecule has 3 nitrogen and oxygen atoms in total. The lowest BCUT2D eigenvalue weighted by molar-refractivity contribution is -0.140. The summed E-state index contributed by atoms with van der Waals surface area (Å²) >= 11 is 0. The highest BCUT2D eigenvalue weighted by molar-refractivity contribution is 5.26. The molecule has 25 heavy (non-hydrogen) atoms. The standard InChI is InChI=1S/C18H21F4N3/c1-2-25-9-7-23-17(25)14-4-3-8-24(12-14)11-13-5-6-15(16(19)10-13)18(20,21)22/h5-7,9-10,14H,2-4,8,11-12H2,1H3/t14-/m1/s1. The second-order valence-electron chi connectivity index (χ2n) is 6.46. The van der Waals surface area contributed by atoms with Crippen LogP contribution in [-0.4, -0.2) is 27.5 Å². The van der Waals surface area contributed by atoms with Crippen molar-refractivity contribution < 1.29 is 17.6 Å². The van der Waals surface area contributed by atoms with Gasteiger partial charge in [-0.1, -0.05) is 6.07 Å². The van der Waals surface area contributed by atoms with E-state index in [1.165, 1.54) is 6.07 Å². The Kier molecular flexibility index (Phi) is 5.13. The molecular formula is C18H21F4N3. The Balaban J connectivity index is 1.70. The van der Waals surface area contributed by atoms with E-state index in [1.807, 2.05) is 6.20 Å². The highest BCUT2D eigenvalue weighted by Gasteiger charge is 2.34. The molecule has 3 rings (SSSR count). The molecule has 0 amide bonds. The van der Waals surface area contributed by atoms with Crippen molar-refractivity contribution in [2.24, 2.45) is 0 Å². The van der Waals surface area contributed by atoms with E-state index in [2.05, 4.69) is 21.4 Å². The van der Waals surface area contributed by atoms with E-state index in [-0.39, 0.29) is 0 Å². The van der Waals surface area contributed by atoms with Crippen LogP contribution >= 0.6 is 0 Å². The first-order valence-electron chi connectivity index (χ1n) is 8.47. The monoisotopic (exact) mass is 355 g/mol. The van der Waals surface area contributed by atoms with E-state index < -0.39 is 17.6 Å². The molecule has 1 saturated heterocycles. The van der Waals surface area contributed by atoms with Gasteiger partial charge in [-0.05, 0) is 44.0 Å². The molecule has 0 spiro atoms. The summed E-state index contributed by atoms with van der Waals surface area (Å²) in [6.45, 7) is 5.00. The van der Waals surface area contributed by atoms with E-state index in [9.17, 15) is 17.6 Å². The molecule has 0 radical (unpaired) electrons. The van der Waals surface area contributed by atoms with Crippen LogP contribution in [0.4, 0.5) is 17.6 Å². The lowest BCUT2D eigenvalue weighted by Crippen LogP contribution is -2.35. The Bertz CT molecular complexity index is 723. The Labute approximate surface area is 144 Å². The van der Waals surface area contributed by atoms with Crippen LogP contribution in [-0.2, 0) is 19.3 Å². The second-order valence-corrected chi connectivity index (χ2v) is 6.46. The second kappa shape index (κ2) is 7.15. The average Bonchev–Trinajstić information content (AvgIpc) is 3.02. The zero-order chi connectivity index (χ0) is 18.0. The van der Waals surface area contributed by atoms with E-state index in [0.717, 1.165) is 50.4 Å². The third kappa shape index (κ3) is 4.03. The van der Waals surface area contributed by atoms with E-state index in [4.69, 9.17) is 0 Å². The van der Waals surface area contributed by atoms with Gasteiger partial charge in [0.05, 0.1) is 5.56 Å². The smallest absolute Gasteiger partial charge is 0.335 e. The van der Waals surface area contributed by atoms with E-state index in [1.54, 1.807) is 6.20 Å². The molecule has 7 heteroatoms. The maximum absolute atomic E-state index is 13.7. The number of hydrogen-bond acceptors (Lipinski definition) is 2. The Morgan fingerprint density at radius 1 is 1.28 bits per heavy atom. The number of piperidine rings is 1. The summed E-state index contributed by atoms with van der Waals surface area (Å²) in [4.78, 5) is 6.61. The minimum atomic E-state index is -4.66. The van der Waals surface area contributed by atoms with E-state index in [0.29, 0.717) is 18.0 Å². The molecule has 1 aliphatic rings. The number of aryl methyl sites for hydroxylation is 1. The molecule has 1 aromatic carbocycles. The zero-order valence-electron chi connectivity index (χ0n) is 14.1. The van der Waals surface area contributed by atoms with Crippen LogP contribution in [0, 0.1) is 5.82 Å². The molecule has 1 fully saturated rings. The molecule has 2 aromatic rings. The predicted molar refractivity (Wildman–Crippen MR) is 86.6 cm³/mol. The molecular weight excluding hydrogens is 334 g/mol. The molecule has 2 heterocycles. The normalized spacial score (nSPS) is 19.3. The third-order valence-corrected chi connectivity index (χ3v) is 4.70. The van der Waals surface area contributed by atoms with Gasteiger partial charge in [-0.3, -0.25) is 4.90 Å². The fourth-order valence-corrected chi connectivity index (χ4v) is 3.50. The van der Waals surface area contributed by atoms with Gasteiger partial charge in [-0.15, -0.1) is 0 Å². The minimum absolute atomic E-state index is 0.294. The molecule has 1 aromatic heterocycles. The molecule has 0 bridgehead atoms. The van der Waals surface area contributed by atoms with E-state index >= 15 is 0 Å². The van der Waals surface area contributed by atoms with Crippen LogP contribution in [0.3, 0.4) is 0 Å². The Hall–Kier alpha value is -1.89. The van der Waals surface area contributed by atoms with Crippen molar-refractivity contribution in [2.45, 2.75) is 44.9 Å². The SMILES string of the molecule is CCn1ccnc1[C@@H]1CCCN(Cc2ccc(C(F)(F)F)c(F)c2)C1. The van der Waals surface area contributed by atoms with Gasteiger partial charge >= 0.3 is 6.18 Å². The topological polar surface area (TPSA) is 21.1 Å². The highest BCUT2D eigenvalue weighted by Crippen LogP contribution is 2.32. The molecule has 0 aliphatic carbocycles. The van der Waals surface area contributed by atoms with Crippen LogP contribution in [0.1, 0.15) is 42.6 Å². The summed E-state index contributed by atoms with van der Waals surface area (Å²) in [5.41, 5.74) is -0.650. The number of hydrogen-bond donors (Lipinski definition) is 0. The van der Waals surface area contributed by atoms with Crippen LogP contribution in [0.5, 0.6) is 0 Å². The number of benzene rings is 1. The zero-order valence-corrected chi connectivity index (χ0v) is 14.1. The van der Waals surface area contributed by atoms with Gasteiger partial charge in [0, 0.05) is 37.9 Å². The molecule has 1 atom stereocenters. The van der Waals surface area contributed by atoms with Crippen LogP contribution in [0.15, 0.2) is 30.6 Å². The largest absolute Gasteiger partial charge is 0.419 e. The van der Waals surface area contributed by atoms with Crippen molar-refractivity contribution in [2.75, 3.05) is 13.1 Å². The summed E-state index contributed by atoms with van der Waals surface area (Å²) in [6.07, 6.45) is 1.12. The quantitative estimate of drug-likeness (QED) is 0.756. The highest BCUT2D eigenvalue weighted by atomic mass is 19.4. The third-order valence-electron chi connectivity index (χ3n) is 4.70. The predicted octanol–water partition coefficient (Wildman–Crippen LogP) is 4.44. The first-order valence-corrected chi connectivity index (χ1v) is 8.47. The molecule has 1 aliphatic heterocycles.